The van der Waals surface area contributed by atoms with Crippen LogP contribution in [-0.2, 0) is 6.54 Å². The van der Waals surface area contributed by atoms with E-state index in [9.17, 15) is 0 Å². The van der Waals surface area contributed by atoms with Crippen molar-refractivity contribution in [3.63, 3.8) is 0 Å². The van der Waals surface area contributed by atoms with Crippen molar-refractivity contribution < 1.29 is 0 Å². The number of hydrogen-bond donors (Lipinski definition) is 0. The highest BCUT2D eigenvalue weighted by molar-refractivity contribution is 5.75. The van der Waals surface area contributed by atoms with Gasteiger partial charge in [0.15, 0.2) is 0 Å². The zero-order valence-corrected chi connectivity index (χ0v) is 18.8. The number of hydrogen-bond acceptors (Lipinski definition) is 3. The minimum atomic E-state index is 0.631. The van der Waals surface area contributed by atoms with Crippen molar-refractivity contribution in [2.24, 2.45) is 4.99 Å². The predicted molar refractivity (Wildman–Crippen MR) is 141 cm³/mol. The molecule has 0 atom stereocenters. The number of aliphatic imine (C=N–C) groups is 1. The van der Waals surface area contributed by atoms with Crippen LogP contribution in [0.15, 0.2) is 127 Å². The molecular weight excluding hydrogens is 402 g/mol. The second-order valence-corrected chi connectivity index (χ2v) is 7.84. The molecule has 0 fully saturated rings. The SMILES string of the molecule is C=C/C=C\C=NCc1cccc(N(C2=CCCCC=C2)c2cccc(-c3ccccn3)c2)c1. The van der Waals surface area contributed by atoms with Gasteiger partial charge in [0.2, 0.25) is 0 Å². The van der Waals surface area contributed by atoms with E-state index in [0.29, 0.717) is 6.54 Å². The van der Waals surface area contributed by atoms with Gasteiger partial charge in [-0.1, -0.05) is 61.2 Å². The number of nitrogens with zero attached hydrogens (tertiary/aromatic N) is 3. The first-order valence-corrected chi connectivity index (χ1v) is 11.4. The van der Waals surface area contributed by atoms with E-state index >= 15 is 0 Å². The van der Waals surface area contributed by atoms with E-state index in [1.54, 1.807) is 6.08 Å². The van der Waals surface area contributed by atoms with E-state index < -0.39 is 0 Å². The zero-order valence-electron chi connectivity index (χ0n) is 18.8. The van der Waals surface area contributed by atoms with Crippen LogP contribution in [0.4, 0.5) is 11.4 Å². The second kappa shape index (κ2) is 11.6. The summed E-state index contributed by atoms with van der Waals surface area (Å²) in [6, 6.07) is 23.2. The molecule has 1 aromatic heterocycles. The topological polar surface area (TPSA) is 28.5 Å². The van der Waals surface area contributed by atoms with E-state index in [4.69, 9.17) is 0 Å². The molecule has 4 rings (SSSR count). The Hall–Kier alpha value is -3.98. The highest BCUT2D eigenvalue weighted by Gasteiger charge is 2.15. The Morgan fingerprint density at radius 2 is 1.82 bits per heavy atom. The molecule has 1 aliphatic carbocycles. The molecule has 2 aromatic carbocycles. The summed E-state index contributed by atoms with van der Waals surface area (Å²) in [6.07, 6.45) is 19.4. The van der Waals surface area contributed by atoms with Gasteiger partial charge >= 0.3 is 0 Å². The molecule has 0 N–H and O–H groups in total. The van der Waals surface area contributed by atoms with Gasteiger partial charge in [0, 0.05) is 35.0 Å². The van der Waals surface area contributed by atoms with E-state index in [1.807, 2.05) is 42.8 Å². The summed E-state index contributed by atoms with van der Waals surface area (Å²) in [7, 11) is 0. The maximum absolute atomic E-state index is 4.54. The van der Waals surface area contributed by atoms with Crippen molar-refractivity contribution in [1.29, 1.82) is 0 Å². The van der Waals surface area contributed by atoms with Crippen LogP contribution in [0.3, 0.4) is 0 Å². The predicted octanol–water partition coefficient (Wildman–Crippen LogP) is 7.82. The highest BCUT2D eigenvalue weighted by atomic mass is 15.1. The molecular formula is C30H29N3. The lowest BCUT2D eigenvalue weighted by Gasteiger charge is -2.27. The Morgan fingerprint density at radius 3 is 2.67 bits per heavy atom. The standard InChI is InChI=1S/C30H29N3/c1-2-3-9-20-31-24-25-13-11-17-28(22-25)33(27-15-6-4-5-7-16-27)29-18-12-14-26(23-29)30-19-8-10-21-32-30/h2-3,6,8-23H,1,4-5,7,24H2/b9-3-,31-20?. The van der Waals surface area contributed by atoms with Gasteiger partial charge in [-0.25, -0.2) is 0 Å². The lowest BCUT2D eigenvalue weighted by atomic mass is 10.1. The molecule has 0 saturated carbocycles. The van der Waals surface area contributed by atoms with E-state index in [2.05, 4.69) is 88.2 Å². The average Bonchev–Trinajstić information content (AvgIpc) is 3.15. The lowest BCUT2D eigenvalue weighted by molar-refractivity contribution is 0.873. The van der Waals surface area contributed by atoms with E-state index in [-0.39, 0.29) is 0 Å². The van der Waals surface area contributed by atoms with Crippen molar-refractivity contribution >= 4 is 17.6 Å². The molecule has 164 valence electrons. The molecule has 3 nitrogen and oxygen atoms in total. The summed E-state index contributed by atoms with van der Waals surface area (Å²) >= 11 is 0. The van der Waals surface area contributed by atoms with Crippen molar-refractivity contribution in [1.82, 2.24) is 4.98 Å². The van der Waals surface area contributed by atoms with E-state index in [1.165, 1.54) is 17.7 Å². The normalized spacial score (nSPS) is 13.8. The summed E-state index contributed by atoms with van der Waals surface area (Å²) < 4.78 is 0. The first-order valence-electron chi connectivity index (χ1n) is 11.4. The fraction of sp³-hybridized carbons (Fsp3) is 0.133. The quantitative estimate of drug-likeness (QED) is 0.269. The summed E-state index contributed by atoms with van der Waals surface area (Å²) in [5.74, 6) is 0. The number of anilines is 2. The summed E-state index contributed by atoms with van der Waals surface area (Å²) in [6.45, 7) is 4.32. The van der Waals surface area contributed by atoms with Crippen molar-refractivity contribution in [2.45, 2.75) is 25.8 Å². The minimum absolute atomic E-state index is 0.631. The molecule has 0 spiro atoms. The monoisotopic (exact) mass is 431 g/mol. The Labute approximate surface area is 196 Å². The van der Waals surface area contributed by atoms with Crippen LogP contribution < -0.4 is 4.90 Å². The highest BCUT2D eigenvalue weighted by Crippen LogP contribution is 2.34. The third kappa shape index (κ3) is 6.05. The van der Waals surface area contributed by atoms with Crippen LogP contribution in [0, 0.1) is 0 Å². The molecule has 0 saturated heterocycles. The van der Waals surface area contributed by atoms with Crippen LogP contribution in [-0.4, -0.2) is 11.2 Å². The Balaban J connectivity index is 1.72. The molecule has 0 amide bonds. The van der Waals surface area contributed by atoms with Gasteiger partial charge < -0.3 is 4.90 Å². The van der Waals surface area contributed by atoms with E-state index in [0.717, 1.165) is 35.5 Å². The largest absolute Gasteiger partial charge is 0.311 e. The van der Waals surface area contributed by atoms with Crippen LogP contribution in [0.5, 0.6) is 0 Å². The number of benzene rings is 2. The van der Waals surface area contributed by atoms with Crippen molar-refractivity contribution in [3.05, 3.63) is 127 Å². The van der Waals surface area contributed by atoms with Gasteiger partial charge in [-0.05, 0) is 73.4 Å². The van der Waals surface area contributed by atoms with Gasteiger partial charge in [0.25, 0.3) is 0 Å². The number of allylic oxidation sites excluding steroid dienone is 6. The summed E-state index contributed by atoms with van der Waals surface area (Å²) in [5.41, 5.74) is 6.68. The van der Waals surface area contributed by atoms with Crippen LogP contribution in [0.25, 0.3) is 11.3 Å². The Kier molecular flexibility index (Phi) is 7.80. The maximum atomic E-state index is 4.54. The first-order chi connectivity index (χ1) is 16.3. The third-order valence-corrected chi connectivity index (χ3v) is 5.42. The molecule has 3 aromatic rings. The van der Waals surface area contributed by atoms with Gasteiger partial charge in [-0.15, -0.1) is 0 Å². The maximum Gasteiger partial charge on any atom is 0.0702 e. The van der Waals surface area contributed by atoms with Crippen molar-refractivity contribution in [3.8, 4) is 11.3 Å². The number of aromatic nitrogens is 1. The van der Waals surface area contributed by atoms with Crippen LogP contribution in [0.1, 0.15) is 24.8 Å². The van der Waals surface area contributed by atoms with Gasteiger partial charge in [0.05, 0.1) is 12.2 Å². The molecule has 1 aliphatic rings. The van der Waals surface area contributed by atoms with Crippen LogP contribution >= 0.6 is 0 Å². The fourth-order valence-corrected chi connectivity index (χ4v) is 3.85. The number of rotatable bonds is 8. The number of pyridine rings is 1. The fourth-order valence-electron chi connectivity index (χ4n) is 3.85. The van der Waals surface area contributed by atoms with Gasteiger partial charge in [0.1, 0.15) is 0 Å². The average molecular weight is 432 g/mol. The second-order valence-electron chi connectivity index (χ2n) is 7.84. The molecule has 3 heteroatoms. The summed E-state index contributed by atoms with van der Waals surface area (Å²) in [5, 5.41) is 0. The van der Waals surface area contributed by atoms with Gasteiger partial charge in [-0.2, -0.15) is 0 Å². The smallest absolute Gasteiger partial charge is 0.0702 e. The Bertz CT molecular complexity index is 1190. The van der Waals surface area contributed by atoms with Crippen LogP contribution in [0.2, 0.25) is 0 Å². The lowest BCUT2D eigenvalue weighted by Crippen LogP contribution is -2.15. The molecule has 33 heavy (non-hydrogen) atoms. The Morgan fingerprint density at radius 1 is 0.939 bits per heavy atom. The first kappa shape index (κ1) is 22.2. The molecule has 0 unspecified atom stereocenters. The molecule has 0 radical (unpaired) electrons. The van der Waals surface area contributed by atoms with Crippen molar-refractivity contribution in [2.75, 3.05) is 4.90 Å². The molecule has 0 aliphatic heterocycles. The third-order valence-electron chi connectivity index (χ3n) is 5.42. The molecule has 1 heterocycles. The summed E-state index contributed by atoms with van der Waals surface area (Å²) in [4.78, 5) is 11.4. The minimum Gasteiger partial charge on any atom is -0.311 e. The zero-order chi connectivity index (χ0) is 22.7. The van der Waals surface area contributed by atoms with Gasteiger partial charge in [-0.3, -0.25) is 9.98 Å². The molecule has 0 bridgehead atoms.